The molecule has 0 spiro atoms. The molecule has 0 aliphatic rings. The summed E-state index contributed by atoms with van der Waals surface area (Å²) in [5.41, 5.74) is 5.83. The predicted molar refractivity (Wildman–Crippen MR) is 63.5 cm³/mol. The van der Waals surface area contributed by atoms with Crippen molar-refractivity contribution < 1.29 is 18.3 Å². The molecule has 4 nitrogen and oxygen atoms in total. The van der Waals surface area contributed by atoms with Gasteiger partial charge < -0.3 is 10.5 Å². The van der Waals surface area contributed by atoms with Crippen LogP contribution in [0.1, 0.15) is 30.2 Å². The molecular formula is C11H13ClF2N2O2. The third-order valence-electron chi connectivity index (χ3n) is 2.26. The fourth-order valence-corrected chi connectivity index (χ4v) is 1.70. The van der Waals surface area contributed by atoms with Crippen LogP contribution in [0.5, 0.6) is 0 Å². The lowest BCUT2D eigenvalue weighted by Crippen LogP contribution is -2.13. The number of nitrogens with two attached hydrogens (primary N) is 1. The zero-order chi connectivity index (χ0) is 13.7. The molecule has 1 aromatic rings. The molecule has 2 N–H and O–H groups in total. The van der Waals surface area contributed by atoms with E-state index in [1.54, 1.807) is 6.92 Å². The van der Waals surface area contributed by atoms with Crippen LogP contribution in [0.3, 0.4) is 0 Å². The summed E-state index contributed by atoms with van der Waals surface area (Å²) in [7, 11) is 0. The maximum atomic E-state index is 12.5. The summed E-state index contributed by atoms with van der Waals surface area (Å²) in [6, 6.07) is 1.16. The molecule has 1 aromatic heterocycles. The Morgan fingerprint density at radius 1 is 1.61 bits per heavy atom. The monoisotopic (exact) mass is 278 g/mol. The Labute approximate surface area is 108 Å². The Morgan fingerprint density at radius 3 is 2.78 bits per heavy atom. The summed E-state index contributed by atoms with van der Waals surface area (Å²) in [6.45, 7) is 1.90. The summed E-state index contributed by atoms with van der Waals surface area (Å²) in [4.78, 5) is 14.9. The number of carbonyl (C=O) groups is 1. The minimum absolute atomic E-state index is 0.0266. The van der Waals surface area contributed by atoms with Gasteiger partial charge in [0.25, 0.3) is 6.43 Å². The normalized spacial score (nSPS) is 10.7. The van der Waals surface area contributed by atoms with Gasteiger partial charge in [0.1, 0.15) is 11.5 Å². The number of nitrogen functional groups attached to an aromatic ring is 1. The number of aromatic nitrogens is 1. The van der Waals surface area contributed by atoms with Gasteiger partial charge in [0.15, 0.2) is 0 Å². The van der Waals surface area contributed by atoms with Crippen LogP contribution in [0.15, 0.2) is 6.07 Å². The summed E-state index contributed by atoms with van der Waals surface area (Å²) in [6.07, 6.45) is -2.86. The number of pyridine rings is 1. The van der Waals surface area contributed by atoms with E-state index < -0.39 is 18.1 Å². The number of rotatable bonds is 5. The van der Waals surface area contributed by atoms with E-state index in [9.17, 15) is 13.6 Å². The highest BCUT2D eigenvalue weighted by Gasteiger charge is 2.18. The van der Waals surface area contributed by atoms with Crippen LogP contribution in [0, 0.1) is 0 Å². The zero-order valence-electron chi connectivity index (χ0n) is 9.75. The smallest absolute Gasteiger partial charge is 0.310 e. The molecule has 7 heteroatoms. The second-order valence-corrected chi connectivity index (χ2v) is 3.75. The zero-order valence-corrected chi connectivity index (χ0v) is 10.5. The number of ether oxygens (including phenoxy) is 1. The molecule has 0 aliphatic heterocycles. The average molecular weight is 279 g/mol. The standard InChI is InChI=1S/C11H13ClF2N2O2/c1-2-18-9(17)4-7-6(5-12)3-8(10(13)14)16-11(7)15/h3,10H,2,4-5H2,1H3,(H2,15,16). The Kier molecular flexibility index (Phi) is 5.27. The number of alkyl halides is 3. The molecule has 0 aromatic carbocycles. The summed E-state index contributed by atoms with van der Waals surface area (Å²) < 4.78 is 29.8. The highest BCUT2D eigenvalue weighted by molar-refractivity contribution is 6.17. The van der Waals surface area contributed by atoms with Crippen molar-refractivity contribution in [2.45, 2.75) is 25.7 Å². The summed E-state index contributed by atoms with van der Waals surface area (Å²) in [5.74, 6) is -0.639. The Balaban J connectivity index is 3.07. The molecule has 100 valence electrons. The molecule has 1 heterocycles. The van der Waals surface area contributed by atoms with Crippen molar-refractivity contribution in [1.82, 2.24) is 4.98 Å². The van der Waals surface area contributed by atoms with E-state index in [1.807, 2.05) is 0 Å². The van der Waals surface area contributed by atoms with Gasteiger partial charge in [-0.05, 0) is 18.6 Å². The first-order chi connectivity index (χ1) is 8.49. The second kappa shape index (κ2) is 6.49. The third-order valence-corrected chi connectivity index (χ3v) is 2.55. The first-order valence-corrected chi connectivity index (χ1v) is 5.80. The van der Waals surface area contributed by atoms with Gasteiger partial charge in [-0.3, -0.25) is 4.79 Å². The van der Waals surface area contributed by atoms with Gasteiger partial charge in [-0.2, -0.15) is 0 Å². The molecular weight excluding hydrogens is 266 g/mol. The molecule has 18 heavy (non-hydrogen) atoms. The second-order valence-electron chi connectivity index (χ2n) is 3.49. The van der Waals surface area contributed by atoms with Crippen molar-refractivity contribution in [2.24, 2.45) is 0 Å². The fraction of sp³-hybridized carbons (Fsp3) is 0.455. The van der Waals surface area contributed by atoms with Crippen molar-refractivity contribution in [3.8, 4) is 0 Å². The summed E-state index contributed by atoms with van der Waals surface area (Å²) in [5, 5.41) is 0. The van der Waals surface area contributed by atoms with Crippen molar-refractivity contribution in [3.05, 3.63) is 22.9 Å². The Hall–Kier alpha value is -1.43. The molecule has 0 atom stereocenters. The first-order valence-electron chi connectivity index (χ1n) is 5.27. The lowest BCUT2D eigenvalue weighted by atomic mass is 10.1. The first kappa shape index (κ1) is 14.6. The van der Waals surface area contributed by atoms with E-state index in [4.69, 9.17) is 22.1 Å². The van der Waals surface area contributed by atoms with Crippen LogP contribution in [0.25, 0.3) is 0 Å². The highest BCUT2D eigenvalue weighted by atomic mass is 35.5. The minimum atomic E-state index is -2.73. The minimum Gasteiger partial charge on any atom is -0.466 e. The van der Waals surface area contributed by atoms with Gasteiger partial charge in [-0.15, -0.1) is 11.6 Å². The number of esters is 1. The van der Waals surface area contributed by atoms with E-state index in [0.717, 1.165) is 6.07 Å². The number of carbonyl (C=O) groups excluding carboxylic acids is 1. The SMILES string of the molecule is CCOC(=O)Cc1c(CCl)cc(C(F)F)nc1N. The maximum Gasteiger partial charge on any atom is 0.310 e. The molecule has 0 saturated carbocycles. The van der Waals surface area contributed by atoms with Crippen molar-refractivity contribution in [1.29, 1.82) is 0 Å². The number of hydrogen-bond acceptors (Lipinski definition) is 4. The van der Waals surface area contributed by atoms with Crippen LogP contribution in [-0.2, 0) is 21.8 Å². The van der Waals surface area contributed by atoms with Gasteiger partial charge in [0.05, 0.1) is 13.0 Å². The molecule has 0 radical (unpaired) electrons. The van der Waals surface area contributed by atoms with Crippen LogP contribution < -0.4 is 5.73 Å². The number of anilines is 1. The Morgan fingerprint density at radius 2 is 2.28 bits per heavy atom. The largest absolute Gasteiger partial charge is 0.466 e. The van der Waals surface area contributed by atoms with E-state index in [2.05, 4.69) is 4.98 Å². The Bertz CT molecular complexity index is 441. The van der Waals surface area contributed by atoms with E-state index in [0.29, 0.717) is 11.1 Å². The van der Waals surface area contributed by atoms with Crippen molar-refractivity contribution in [2.75, 3.05) is 12.3 Å². The van der Waals surface area contributed by atoms with Crippen molar-refractivity contribution in [3.63, 3.8) is 0 Å². The maximum absolute atomic E-state index is 12.5. The molecule has 0 amide bonds. The van der Waals surface area contributed by atoms with Crippen molar-refractivity contribution >= 4 is 23.4 Å². The van der Waals surface area contributed by atoms with Crippen LogP contribution >= 0.6 is 11.6 Å². The molecule has 0 saturated heterocycles. The van der Waals surface area contributed by atoms with E-state index in [1.165, 1.54) is 0 Å². The molecule has 0 aliphatic carbocycles. The number of halogens is 3. The number of nitrogens with zero attached hydrogens (tertiary/aromatic N) is 1. The molecule has 0 bridgehead atoms. The average Bonchev–Trinajstić information content (AvgIpc) is 2.31. The fourth-order valence-electron chi connectivity index (χ4n) is 1.46. The number of hydrogen-bond donors (Lipinski definition) is 1. The molecule has 0 unspecified atom stereocenters. The van der Waals surface area contributed by atoms with Gasteiger partial charge >= 0.3 is 5.97 Å². The molecule has 0 fully saturated rings. The van der Waals surface area contributed by atoms with Gasteiger partial charge in [0.2, 0.25) is 0 Å². The molecule has 1 rings (SSSR count). The lowest BCUT2D eigenvalue weighted by molar-refractivity contribution is -0.142. The van der Waals surface area contributed by atoms with E-state index in [-0.39, 0.29) is 24.7 Å². The van der Waals surface area contributed by atoms with Gasteiger partial charge in [0, 0.05) is 11.4 Å². The highest BCUT2D eigenvalue weighted by Crippen LogP contribution is 2.25. The van der Waals surface area contributed by atoms with Crippen LogP contribution in [0.2, 0.25) is 0 Å². The lowest BCUT2D eigenvalue weighted by Gasteiger charge is -2.11. The quantitative estimate of drug-likeness (QED) is 0.664. The van der Waals surface area contributed by atoms with E-state index >= 15 is 0 Å². The van der Waals surface area contributed by atoms with Crippen LogP contribution in [-0.4, -0.2) is 17.6 Å². The topological polar surface area (TPSA) is 65.2 Å². The van der Waals surface area contributed by atoms with Gasteiger partial charge in [-0.25, -0.2) is 13.8 Å². The summed E-state index contributed by atoms with van der Waals surface area (Å²) >= 11 is 5.66. The third kappa shape index (κ3) is 3.53. The predicted octanol–water partition coefficient (Wildman–Crippen LogP) is 2.45. The van der Waals surface area contributed by atoms with Gasteiger partial charge in [-0.1, -0.05) is 0 Å². The van der Waals surface area contributed by atoms with Crippen LogP contribution in [0.4, 0.5) is 14.6 Å².